The largest absolute Gasteiger partial charge is 0.288 e. The van der Waals surface area contributed by atoms with E-state index in [2.05, 4.69) is 9.97 Å². The molecule has 0 spiro atoms. The zero-order valence-electron chi connectivity index (χ0n) is 13.3. The first kappa shape index (κ1) is 15.4. The SMILES string of the molecule is O=C(/C(=C/c1ccncc1)c1nc2ccccc2s1)c1ccccc1. The summed E-state index contributed by atoms with van der Waals surface area (Å²) < 4.78 is 1.07. The number of carbonyl (C=O) groups excluding carboxylic acids is 1. The molecule has 0 saturated carbocycles. The molecular formula is C21H14N2OS. The lowest BCUT2D eigenvalue weighted by Crippen LogP contribution is -2.02. The second-order valence-electron chi connectivity index (χ2n) is 5.52. The quantitative estimate of drug-likeness (QED) is 0.382. The third-order valence-electron chi connectivity index (χ3n) is 3.82. The van der Waals surface area contributed by atoms with Crippen molar-refractivity contribution < 1.29 is 4.79 Å². The van der Waals surface area contributed by atoms with Crippen LogP contribution in [0.3, 0.4) is 0 Å². The Morgan fingerprint density at radius 1 is 0.880 bits per heavy atom. The number of hydrogen-bond acceptors (Lipinski definition) is 4. The lowest BCUT2D eigenvalue weighted by molar-refractivity contribution is 0.105. The maximum Gasteiger partial charge on any atom is 0.196 e. The topological polar surface area (TPSA) is 42.9 Å². The van der Waals surface area contributed by atoms with Crippen LogP contribution in [0.2, 0.25) is 0 Å². The van der Waals surface area contributed by atoms with Crippen molar-refractivity contribution in [3.8, 4) is 0 Å². The fraction of sp³-hybridized carbons (Fsp3) is 0. The molecule has 2 heterocycles. The Labute approximate surface area is 149 Å². The molecule has 0 atom stereocenters. The van der Waals surface area contributed by atoms with Crippen molar-refractivity contribution in [3.05, 3.63) is 95.3 Å². The highest BCUT2D eigenvalue weighted by atomic mass is 32.1. The number of rotatable bonds is 4. The Morgan fingerprint density at radius 3 is 2.36 bits per heavy atom. The summed E-state index contributed by atoms with van der Waals surface area (Å²) in [7, 11) is 0. The summed E-state index contributed by atoms with van der Waals surface area (Å²) in [4.78, 5) is 21.8. The van der Waals surface area contributed by atoms with Crippen LogP contribution in [0.1, 0.15) is 20.9 Å². The standard InChI is InChI=1S/C21H14N2OS/c24-20(16-6-2-1-3-7-16)17(14-15-10-12-22-13-11-15)21-23-18-8-4-5-9-19(18)25-21/h1-14H/b17-14-. The minimum Gasteiger partial charge on any atom is -0.288 e. The van der Waals surface area contributed by atoms with E-state index in [-0.39, 0.29) is 5.78 Å². The minimum atomic E-state index is -0.0310. The molecule has 3 nitrogen and oxygen atoms in total. The van der Waals surface area contributed by atoms with E-state index in [0.717, 1.165) is 20.8 Å². The van der Waals surface area contributed by atoms with E-state index in [0.29, 0.717) is 11.1 Å². The van der Waals surface area contributed by atoms with Crippen molar-refractivity contribution in [1.82, 2.24) is 9.97 Å². The Morgan fingerprint density at radius 2 is 1.60 bits per heavy atom. The number of nitrogens with zero attached hydrogens (tertiary/aromatic N) is 2. The number of hydrogen-bond donors (Lipinski definition) is 0. The number of ketones is 1. The van der Waals surface area contributed by atoms with E-state index >= 15 is 0 Å². The summed E-state index contributed by atoms with van der Waals surface area (Å²) in [6.07, 6.45) is 5.32. The number of Topliss-reactive ketones (excluding diaryl/α,β-unsaturated/α-hetero) is 1. The van der Waals surface area contributed by atoms with Gasteiger partial charge in [-0.25, -0.2) is 4.98 Å². The molecule has 0 unspecified atom stereocenters. The normalized spacial score (nSPS) is 11.6. The monoisotopic (exact) mass is 342 g/mol. The van der Waals surface area contributed by atoms with Crippen LogP contribution in [-0.2, 0) is 0 Å². The molecular weight excluding hydrogens is 328 g/mol. The Kier molecular flexibility index (Phi) is 4.19. The Hall–Kier alpha value is -3.11. The molecule has 0 bridgehead atoms. The highest BCUT2D eigenvalue weighted by molar-refractivity contribution is 7.20. The molecule has 0 amide bonds. The van der Waals surface area contributed by atoms with E-state index < -0.39 is 0 Å². The van der Waals surface area contributed by atoms with Gasteiger partial charge in [-0.15, -0.1) is 11.3 Å². The number of thiazole rings is 1. The van der Waals surface area contributed by atoms with Gasteiger partial charge in [0.25, 0.3) is 0 Å². The second kappa shape index (κ2) is 6.79. The average molecular weight is 342 g/mol. The molecule has 0 aliphatic heterocycles. The van der Waals surface area contributed by atoms with E-state index in [9.17, 15) is 4.79 Å². The van der Waals surface area contributed by atoms with Crippen molar-refractivity contribution in [2.45, 2.75) is 0 Å². The summed E-state index contributed by atoms with van der Waals surface area (Å²) >= 11 is 1.53. The third-order valence-corrected chi connectivity index (χ3v) is 4.89. The summed E-state index contributed by atoms with van der Waals surface area (Å²) in [6.45, 7) is 0. The van der Waals surface area contributed by atoms with Gasteiger partial charge in [0.2, 0.25) is 0 Å². The van der Waals surface area contributed by atoms with Crippen LogP contribution in [0.4, 0.5) is 0 Å². The van der Waals surface area contributed by atoms with Gasteiger partial charge in [-0.3, -0.25) is 9.78 Å². The summed E-state index contributed by atoms with van der Waals surface area (Å²) in [5, 5.41) is 0.729. The highest BCUT2D eigenvalue weighted by Gasteiger charge is 2.18. The van der Waals surface area contributed by atoms with Crippen LogP contribution in [0.25, 0.3) is 21.9 Å². The van der Waals surface area contributed by atoms with Gasteiger partial charge in [-0.2, -0.15) is 0 Å². The first-order valence-electron chi connectivity index (χ1n) is 7.89. The van der Waals surface area contributed by atoms with Gasteiger partial charge in [0, 0.05) is 18.0 Å². The second-order valence-corrected chi connectivity index (χ2v) is 6.55. The molecule has 2 aromatic carbocycles. The number of para-hydroxylation sites is 1. The Bertz CT molecular complexity index is 1020. The molecule has 0 aliphatic carbocycles. The average Bonchev–Trinajstić information content (AvgIpc) is 3.11. The Balaban J connectivity index is 1.86. The predicted octanol–water partition coefficient (Wildman–Crippen LogP) is 5.11. The number of carbonyl (C=O) groups is 1. The lowest BCUT2D eigenvalue weighted by Gasteiger charge is -2.04. The van der Waals surface area contributed by atoms with E-state index in [4.69, 9.17) is 0 Å². The van der Waals surface area contributed by atoms with Crippen molar-refractivity contribution in [2.75, 3.05) is 0 Å². The molecule has 4 rings (SSSR count). The maximum atomic E-state index is 13.1. The predicted molar refractivity (Wildman–Crippen MR) is 103 cm³/mol. The first-order valence-corrected chi connectivity index (χ1v) is 8.70. The van der Waals surface area contributed by atoms with Crippen LogP contribution in [0.5, 0.6) is 0 Å². The lowest BCUT2D eigenvalue weighted by atomic mass is 10.0. The van der Waals surface area contributed by atoms with Crippen molar-refractivity contribution in [3.63, 3.8) is 0 Å². The van der Waals surface area contributed by atoms with Gasteiger partial charge >= 0.3 is 0 Å². The molecule has 0 aliphatic rings. The molecule has 4 heteroatoms. The molecule has 4 aromatic rings. The van der Waals surface area contributed by atoms with Crippen LogP contribution in [0.15, 0.2) is 79.1 Å². The van der Waals surface area contributed by atoms with Crippen molar-refractivity contribution in [1.29, 1.82) is 0 Å². The van der Waals surface area contributed by atoms with Gasteiger partial charge in [-0.05, 0) is 35.9 Å². The number of benzene rings is 2. The number of pyridine rings is 1. The van der Waals surface area contributed by atoms with Gasteiger partial charge in [0.05, 0.1) is 15.8 Å². The third kappa shape index (κ3) is 3.25. The molecule has 0 saturated heterocycles. The van der Waals surface area contributed by atoms with Gasteiger partial charge in [-0.1, -0.05) is 42.5 Å². The highest BCUT2D eigenvalue weighted by Crippen LogP contribution is 2.30. The summed E-state index contributed by atoms with van der Waals surface area (Å²) in [6, 6.07) is 21.0. The molecule has 0 N–H and O–H groups in total. The molecule has 2 aromatic heterocycles. The zero-order chi connectivity index (χ0) is 17.1. The van der Waals surface area contributed by atoms with Crippen molar-refractivity contribution >= 4 is 39.0 Å². The van der Waals surface area contributed by atoms with Gasteiger partial charge in [0.15, 0.2) is 5.78 Å². The first-order chi connectivity index (χ1) is 12.3. The number of allylic oxidation sites excluding steroid dienone is 1. The van der Waals surface area contributed by atoms with Crippen LogP contribution in [-0.4, -0.2) is 15.8 Å². The van der Waals surface area contributed by atoms with E-state index in [1.54, 1.807) is 12.4 Å². The fourth-order valence-corrected chi connectivity index (χ4v) is 3.56. The molecule has 0 radical (unpaired) electrons. The molecule has 120 valence electrons. The van der Waals surface area contributed by atoms with Gasteiger partial charge in [0.1, 0.15) is 5.01 Å². The fourth-order valence-electron chi connectivity index (χ4n) is 2.58. The van der Waals surface area contributed by atoms with Crippen LogP contribution in [0, 0.1) is 0 Å². The van der Waals surface area contributed by atoms with E-state index in [1.165, 1.54) is 11.3 Å². The minimum absolute atomic E-state index is 0.0310. The van der Waals surface area contributed by atoms with Gasteiger partial charge < -0.3 is 0 Å². The maximum absolute atomic E-state index is 13.1. The number of aromatic nitrogens is 2. The summed E-state index contributed by atoms with van der Waals surface area (Å²) in [5.74, 6) is -0.0310. The van der Waals surface area contributed by atoms with Crippen LogP contribution >= 0.6 is 11.3 Å². The number of fused-ring (bicyclic) bond motifs is 1. The summed E-state index contributed by atoms with van der Waals surface area (Å²) in [5.41, 5.74) is 3.08. The van der Waals surface area contributed by atoms with Crippen molar-refractivity contribution in [2.24, 2.45) is 0 Å². The van der Waals surface area contributed by atoms with E-state index in [1.807, 2.05) is 72.8 Å². The van der Waals surface area contributed by atoms with Crippen LogP contribution < -0.4 is 0 Å². The smallest absolute Gasteiger partial charge is 0.196 e. The zero-order valence-corrected chi connectivity index (χ0v) is 14.1. The molecule has 25 heavy (non-hydrogen) atoms. The molecule has 0 fully saturated rings.